The van der Waals surface area contributed by atoms with Crippen LogP contribution in [0.1, 0.15) is 45.7 Å². The highest BCUT2D eigenvalue weighted by Crippen LogP contribution is 2.51. The minimum Gasteiger partial charge on any atom is -0.306 e. The van der Waals surface area contributed by atoms with E-state index in [9.17, 15) is 42.1 Å². The molecule has 2 atom stereocenters. The summed E-state index contributed by atoms with van der Waals surface area (Å²) in [6.45, 7) is 0.565. The number of benzene rings is 3. The van der Waals surface area contributed by atoms with E-state index in [0.717, 1.165) is 24.3 Å². The second kappa shape index (κ2) is 10.0. The Labute approximate surface area is 242 Å². The zero-order valence-corrected chi connectivity index (χ0v) is 22.0. The van der Waals surface area contributed by atoms with Gasteiger partial charge in [0, 0.05) is 23.6 Å². The number of nitrogens with zero attached hydrogens (tertiary/aromatic N) is 3. The van der Waals surface area contributed by atoms with Gasteiger partial charge in [0.25, 0.3) is 0 Å². The fourth-order valence-corrected chi connectivity index (χ4v) is 5.72. The van der Waals surface area contributed by atoms with Crippen LogP contribution in [0.2, 0.25) is 0 Å². The van der Waals surface area contributed by atoms with E-state index in [2.05, 4.69) is 23.5 Å². The first-order valence-electron chi connectivity index (χ1n) is 13.1. The molecule has 2 aliphatic carbocycles. The highest BCUT2D eigenvalue weighted by atomic mass is 19.4. The van der Waals surface area contributed by atoms with Crippen LogP contribution in [0.4, 0.5) is 26.3 Å². The van der Waals surface area contributed by atoms with Gasteiger partial charge in [0.1, 0.15) is 0 Å². The first-order valence-corrected chi connectivity index (χ1v) is 13.1. The highest BCUT2D eigenvalue weighted by molar-refractivity contribution is 6.05. The predicted octanol–water partition coefficient (Wildman–Crippen LogP) is 7.93. The van der Waals surface area contributed by atoms with Gasteiger partial charge in [0.05, 0.1) is 52.1 Å². The number of fused-ring (bicyclic) bond motifs is 3. The Balaban J connectivity index is 1.56. The minimum atomic E-state index is -4.53. The first kappa shape index (κ1) is 28.0. The predicted molar refractivity (Wildman–Crippen MR) is 146 cm³/mol. The molecule has 1 heterocycles. The number of halogens is 6. The van der Waals surface area contributed by atoms with Gasteiger partial charge < -0.3 is 5.32 Å². The van der Waals surface area contributed by atoms with Gasteiger partial charge in [-0.2, -0.15) is 42.1 Å². The standard InChI is InChI=1S/C33H18F6N4/c34-32(35,36)21-5-1-17(2-6-21)23-11-25-26-12-24(18-3-7-22(8-4-18)33(37,38)39)20(14-41)10-28(26)31(27(25)9-19(23)13-40)29(15-42)30-16-43-30/h1-3,5-12,18,30,43H,4,16H2/b31-29+. The Hall–Kier alpha value is -5.11. The lowest BCUT2D eigenvalue weighted by Gasteiger charge is -2.20. The van der Waals surface area contributed by atoms with Gasteiger partial charge in [0.15, 0.2) is 0 Å². The lowest BCUT2D eigenvalue weighted by Crippen LogP contribution is -2.13. The molecule has 6 rings (SSSR count). The number of nitrogens with one attached hydrogen (secondary N) is 1. The van der Waals surface area contributed by atoms with Gasteiger partial charge in [0.2, 0.25) is 0 Å². The molecule has 1 aliphatic heterocycles. The lowest BCUT2D eigenvalue weighted by molar-refractivity contribution is -0.137. The van der Waals surface area contributed by atoms with Crippen molar-refractivity contribution < 1.29 is 26.3 Å². The van der Waals surface area contributed by atoms with Crippen LogP contribution in [-0.4, -0.2) is 18.8 Å². The number of hydrogen-bond acceptors (Lipinski definition) is 4. The largest absolute Gasteiger partial charge is 0.416 e. The third kappa shape index (κ3) is 4.88. The van der Waals surface area contributed by atoms with Crippen LogP contribution >= 0.6 is 0 Å². The molecule has 212 valence electrons. The molecule has 2 unspecified atom stereocenters. The van der Waals surface area contributed by atoms with E-state index in [1.165, 1.54) is 18.2 Å². The summed E-state index contributed by atoms with van der Waals surface area (Å²) in [6.07, 6.45) is -5.50. The maximum Gasteiger partial charge on any atom is 0.416 e. The maximum atomic E-state index is 13.2. The van der Waals surface area contributed by atoms with Crippen LogP contribution in [0.15, 0.2) is 77.9 Å². The van der Waals surface area contributed by atoms with Crippen molar-refractivity contribution in [1.29, 1.82) is 15.8 Å². The van der Waals surface area contributed by atoms with E-state index < -0.39 is 29.4 Å². The molecule has 0 radical (unpaired) electrons. The second-order valence-corrected chi connectivity index (χ2v) is 10.4. The SMILES string of the molecule is N#C/C(=C1/c2cc(C#N)c(-c3ccc(C(F)(F)F)cc3)cc2-c2cc(C3C=CC(C(F)(F)F)=CC3)c(C#N)cc21)C1CN1. The Morgan fingerprint density at radius 1 is 0.767 bits per heavy atom. The molecule has 1 fully saturated rings. The van der Waals surface area contributed by atoms with Crippen molar-refractivity contribution in [2.24, 2.45) is 0 Å². The number of rotatable bonds is 3. The number of allylic oxidation sites excluding steroid dienone is 4. The van der Waals surface area contributed by atoms with Crippen molar-refractivity contribution in [2.75, 3.05) is 6.54 Å². The molecule has 0 spiro atoms. The van der Waals surface area contributed by atoms with E-state index in [1.807, 2.05) is 0 Å². The average molecular weight is 585 g/mol. The van der Waals surface area contributed by atoms with Crippen molar-refractivity contribution in [3.63, 3.8) is 0 Å². The number of hydrogen-bond donors (Lipinski definition) is 1. The summed E-state index contributed by atoms with van der Waals surface area (Å²) < 4.78 is 79.2. The molecule has 3 aromatic rings. The van der Waals surface area contributed by atoms with Gasteiger partial charge in [-0.3, -0.25) is 0 Å². The Morgan fingerprint density at radius 3 is 1.91 bits per heavy atom. The summed E-state index contributed by atoms with van der Waals surface area (Å²) in [4.78, 5) is 0. The third-order valence-electron chi connectivity index (χ3n) is 7.91. The lowest BCUT2D eigenvalue weighted by atomic mass is 9.84. The minimum absolute atomic E-state index is 0.0218. The maximum absolute atomic E-state index is 13.2. The fraction of sp³-hybridized carbons (Fsp3) is 0.182. The van der Waals surface area contributed by atoms with Crippen molar-refractivity contribution in [3.8, 4) is 40.5 Å². The molecule has 3 aliphatic rings. The van der Waals surface area contributed by atoms with Gasteiger partial charge in [-0.15, -0.1) is 0 Å². The van der Waals surface area contributed by atoms with E-state index in [0.29, 0.717) is 56.6 Å². The smallest absolute Gasteiger partial charge is 0.306 e. The summed E-state index contributed by atoms with van der Waals surface area (Å²) in [7, 11) is 0. The quantitative estimate of drug-likeness (QED) is 0.150. The zero-order valence-electron chi connectivity index (χ0n) is 22.0. The molecule has 3 aromatic carbocycles. The molecule has 0 aromatic heterocycles. The second-order valence-electron chi connectivity index (χ2n) is 10.4. The molecular formula is C33H18F6N4. The van der Waals surface area contributed by atoms with Crippen molar-refractivity contribution >= 4 is 5.57 Å². The molecule has 1 saturated heterocycles. The fourth-order valence-electron chi connectivity index (χ4n) is 5.72. The van der Waals surface area contributed by atoms with Crippen LogP contribution in [0.5, 0.6) is 0 Å². The molecule has 0 amide bonds. The van der Waals surface area contributed by atoms with E-state index in [4.69, 9.17) is 0 Å². The topological polar surface area (TPSA) is 93.3 Å². The normalized spacial score (nSPS) is 19.8. The summed E-state index contributed by atoms with van der Waals surface area (Å²) >= 11 is 0. The molecular weight excluding hydrogens is 566 g/mol. The van der Waals surface area contributed by atoms with Crippen molar-refractivity contribution in [1.82, 2.24) is 5.32 Å². The van der Waals surface area contributed by atoms with E-state index in [-0.39, 0.29) is 23.6 Å². The highest BCUT2D eigenvalue weighted by Gasteiger charge is 2.37. The summed E-state index contributed by atoms with van der Waals surface area (Å²) in [6, 6.07) is 17.4. The van der Waals surface area contributed by atoms with E-state index >= 15 is 0 Å². The van der Waals surface area contributed by atoms with Crippen LogP contribution in [0.25, 0.3) is 27.8 Å². The molecule has 1 N–H and O–H groups in total. The van der Waals surface area contributed by atoms with Gasteiger partial charge in [-0.1, -0.05) is 30.4 Å². The van der Waals surface area contributed by atoms with Gasteiger partial charge in [-0.25, -0.2) is 0 Å². The zero-order chi connectivity index (χ0) is 30.7. The van der Waals surface area contributed by atoms with Gasteiger partial charge >= 0.3 is 12.4 Å². The molecule has 0 saturated carbocycles. The molecule has 4 nitrogen and oxygen atoms in total. The van der Waals surface area contributed by atoms with Crippen LogP contribution in [0.3, 0.4) is 0 Å². The summed E-state index contributed by atoms with van der Waals surface area (Å²) in [5.41, 5.74) is 3.40. The first-order chi connectivity index (χ1) is 20.4. The van der Waals surface area contributed by atoms with Crippen LogP contribution < -0.4 is 5.32 Å². The summed E-state index contributed by atoms with van der Waals surface area (Å²) in [5, 5.41) is 33.3. The van der Waals surface area contributed by atoms with Crippen molar-refractivity contribution in [3.05, 3.63) is 111 Å². The average Bonchev–Trinajstić information content (AvgIpc) is 3.78. The molecule has 0 bridgehead atoms. The monoisotopic (exact) mass is 584 g/mol. The van der Waals surface area contributed by atoms with E-state index in [1.54, 1.807) is 24.3 Å². The number of nitriles is 3. The van der Waals surface area contributed by atoms with Crippen molar-refractivity contribution in [2.45, 2.75) is 30.7 Å². The summed E-state index contributed by atoms with van der Waals surface area (Å²) in [5.74, 6) is -0.518. The Bertz CT molecular complexity index is 1900. The molecule has 10 heteroatoms. The Morgan fingerprint density at radius 2 is 1.40 bits per heavy atom. The van der Waals surface area contributed by atoms with Gasteiger partial charge in [-0.05, 0) is 76.2 Å². The third-order valence-corrected chi connectivity index (χ3v) is 7.91. The van der Waals surface area contributed by atoms with Crippen LogP contribution in [-0.2, 0) is 6.18 Å². The van der Waals surface area contributed by atoms with Crippen LogP contribution in [0, 0.1) is 34.0 Å². The Kier molecular flexibility index (Phi) is 6.53. The number of alkyl halides is 6. The molecule has 43 heavy (non-hydrogen) atoms.